The van der Waals surface area contributed by atoms with Gasteiger partial charge in [0.1, 0.15) is 6.54 Å². The number of carbonyl (C=O) groups excluding carboxylic acids is 1. The zero-order valence-electron chi connectivity index (χ0n) is 19.2. The number of hydrogen-bond donors (Lipinski definition) is 1. The average molecular weight is 489 g/mol. The van der Waals surface area contributed by atoms with E-state index in [-0.39, 0.29) is 11.4 Å². The Kier molecular flexibility index (Phi) is 7.05. The standard InChI is InChI=1S/C23H28N4O6S/c1-3-26(4-2)34(30,31)17-9-10-19(25-11-13-32-14-12-25)18(15-17)24-22(28)16-27-20-7-5-6-8-21(20)33-23(27)29/h5-10,15H,3-4,11-14,16H2,1-2H3,(H,24,28). The van der Waals surface area contributed by atoms with E-state index in [2.05, 4.69) is 5.32 Å². The summed E-state index contributed by atoms with van der Waals surface area (Å²) in [5, 5.41) is 2.82. The SMILES string of the molecule is CCN(CC)S(=O)(=O)c1ccc(N2CCOCC2)c(NC(=O)Cn2c(=O)oc3ccccc32)c1. The number of benzene rings is 2. The lowest BCUT2D eigenvalue weighted by Crippen LogP contribution is -2.37. The number of sulfonamides is 1. The number of aromatic nitrogens is 1. The number of carbonyl (C=O) groups is 1. The summed E-state index contributed by atoms with van der Waals surface area (Å²) in [5.41, 5.74) is 1.95. The van der Waals surface area contributed by atoms with Crippen molar-refractivity contribution in [2.45, 2.75) is 25.3 Å². The normalized spacial score (nSPS) is 14.6. The van der Waals surface area contributed by atoms with Crippen LogP contribution in [0.1, 0.15) is 13.8 Å². The molecule has 1 fully saturated rings. The van der Waals surface area contributed by atoms with Crippen molar-refractivity contribution in [1.29, 1.82) is 0 Å². The minimum Gasteiger partial charge on any atom is -0.408 e. The highest BCUT2D eigenvalue weighted by molar-refractivity contribution is 7.89. The van der Waals surface area contributed by atoms with Crippen molar-refractivity contribution < 1.29 is 22.4 Å². The number of fused-ring (bicyclic) bond motifs is 1. The second-order valence-corrected chi connectivity index (χ2v) is 9.78. The van der Waals surface area contributed by atoms with Crippen LogP contribution in [-0.4, -0.2) is 62.6 Å². The summed E-state index contributed by atoms with van der Waals surface area (Å²) in [6.07, 6.45) is 0. The molecule has 4 rings (SSSR count). The van der Waals surface area contributed by atoms with Crippen LogP contribution in [0.5, 0.6) is 0 Å². The molecule has 1 N–H and O–H groups in total. The van der Waals surface area contributed by atoms with E-state index in [0.29, 0.717) is 61.9 Å². The maximum atomic E-state index is 13.1. The highest BCUT2D eigenvalue weighted by Crippen LogP contribution is 2.31. The van der Waals surface area contributed by atoms with Crippen molar-refractivity contribution >= 4 is 38.4 Å². The van der Waals surface area contributed by atoms with Crippen molar-refractivity contribution in [3.8, 4) is 0 Å². The number of oxazole rings is 1. The molecule has 0 unspecified atom stereocenters. The Morgan fingerprint density at radius 2 is 1.79 bits per heavy atom. The predicted octanol–water partition coefficient (Wildman–Crippen LogP) is 2.10. The van der Waals surface area contributed by atoms with Gasteiger partial charge in [-0.25, -0.2) is 13.2 Å². The van der Waals surface area contributed by atoms with E-state index in [0.717, 1.165) is 0 Å². The highest BCUT2D eigenvalue weighted by atomic mass is 32.2. The number of nitrogens with zero attached hydrogens (tertiary/aromatic N) is 3. The molecular formula is C23H28N4O6S. The van der Waals surface area contributed by atoms with Crippen LogP contribution in [0.15, 0.2) is 56.6 Å². The summed E-state index contributed by atoms with van der Waals surface area (Å²) in [5.74, 6) is -1.11. The van der Waals surface area contributed by atoms with E-state index in [4.69, 9.17) is 9.15 Å². The molecule has 1 aromatic heterocycles. The summed E-state index contributed by atoms with van der Waals surface area (Å²) in [7, 11) is -3.72. The number of anilines is 2. The van der Waals surface area contributed by atoms with Crippen LogP contribution in [0, 0.1) is 0 Å². The molecule has 34 heavy (non-hydrogen) atoms. The third-order valence-corrected chi connectivity index (χ3v) is 7.86. The number of morpholine rings is 1. The fraction of sp³-hybridized carbons (Fsp3) is 0.391. The Hall–Kier alpha value is -3.15. The van der Waals surface area contributed by atoms with Crippen LogP contribution in [0.3, 0.4) is 0 Å². The predicted molar refractivity (Wildman–Crippen MR) is 129 cm³/mol. The van der Waals surface area contributed by atoms with Gasteiger partial charge in [0, 0.05) is 26.2 Å². The second-order valence-electron chi connectivity index (χ2n) is 7.84. The first-order chi connectivity index (χ1) is 16.3. The fourth-order valence-electron chi connectivity index (χ4n) is 4.07. The van der Waals surface area contributed by atoms with Gasteiger partial charge < -0.3 is 19.4 Å². The molecule has 0 atom stereocenters. The summed E-state index contributed by atoms with van der Waals surface area (Å²) in [6, 6.07) is 11.6. The summed E-state index contributed by atoms with van der Waals surface area (Å²) in [6.45, 7) is 6.23. The van der Waals surface area contributed by atoms with Gasteiger partial charge in [-0.3, -0.25) is 9.36 Å². The number of hydrogen-bond acceptors (Lipinski definition) is 7. The number of amides is 1. The van der Waals surface area contributed by atoms with Gasteiger partial charge >= 0.3 is 5.76 Å². The van der Waals surface area contributed by atoms with Gasteiger partial charge in [-0.05, 0) is 30.3 Å². The highest BCUT2D eigenvalue weighted by Gasteiger charge is 2.25. The first kappa shape index (κ1) is 24.0. The second kappa shape index (κ2) is 10.00. The topological polar surface area (TPSA) is 114 Å². The molecule has 0 radical (unpaired) electrons. The van der Waals surface area contributed by atoms with Crippen LogP contribution < -0.4 is 16.0 Å². The molecule has 0 bridgehead atoms. The van der Waals surface area contributed by atoms with Crippen LogP contribution in [0.2, 0.25) is 0 Å². The molecule has 1 aliphatic heterocycles. The molecule has 0 spiro atoms. The molecule has 0 saturated carbocycles. The number of rotatable bonds is 8. The first-order valence-electron chi connectivity index (χ1n) is 11.2. The lowest BCUT2D eigenvalue weighted by atomic mass is 10.2. The van der Waals surface area contributed by atoms with E-state index >= 15 is 0 Å². The van der Waals surface area contributed by atoms with Crippen molar-refractivity contribution in [3.05, 3.63) is 53.0 Å². The van der Waals surface area contributed by atoms with Gasteiger partial charge in [-0.2, -0.15) is 4.31 Å². The fourth-order valence-corrected chi connectivity index (χ4v) is 5.55. The van der Waals surface area contributed by atoms with Gasteiger partial charge in [0.15, 0.2) is 5.58 Å². The number of ether oxygens (including phenoxy) is 1. The average Bonchev–Trinajstić information content (AvgIpc) is 3.15. The Morgan fingerprint density at radius 3 is 2.50 bits per heavy atom. The number of nitrogens with one attached hydrogen (secondary N) is 1. The molecule has 1 amide bonds. The molecule has 3 aromatic rings. The molecule has 2 heterocycles. The van der Waals surface area contributed by atoms with E-state index in [1.807, 2.05) is 4.90 Å². The van der Waals surface area contributed by atoms with Crippen LogP contribution in [-0.2, 0) is 26.1 Å². The third-order valence-electron chi connectivity index (χ3n) is 5.81. The van der Waals surface area contributed by atoms with Crippen LogP contribution in [0.25, 0.3) is 11.1 Å². The Bertz CT molecular complexity index is 1340. The Balaban J connectivity index is 1.68. The molecule has 1 saturated heterocycles. The van der Waals surface area contributed by atoms with Gasteiger partial charge in [0.05, 0.1) is 35.0 Å². The lowest BCUT2D eigenvalue weighted by molar-refractivity contribution is -0.116. The molecular weight excluding hydrogens is 460 g/mol. The van der Waals surface area contributed by atoms with Crippen LogP contribution in [0.4, 0.5) is 11.4 Å². The molecule has 0 aliphatic carbocycles. The van der Waals surface area contributed by atoms with Crippen molar-refractivity contribution in [3.63, 3.8) is 0 Å². The molecule has 2 aromatic carbocycles. The molecule has 11 heteroatoms. The van der Waals surface area contributed by atoms with Gasteiger partial charge in [0.2, 0.25) is 15.9 Å². The summed E-state index contributed by atoms with van der Waals surface area (Å²) in [4.78, 5) is 27.4. The third kappa shape index (κ3) is 4.72. The summed E-state index contributed by atoms with van der Waals surface area (Å²) >= 11 is 0. The van der Waals surface area contributed by atoms with Gasteiger partial charge in [-0.15, -0.1) is 0 Å². The van der Waals surface area contributed by atoms with Gasteiger partial charge in [-0.1, -0.05) is 26.0 Å². The maximum Gasteiger partial charge on any atom is 0.420 e. The first-order valence-corrected chi connectivity index (χ1v) is 12.6. The molecule has 182 valence electrons. The smallest absolute Gasteiger partial charge is 0.408 e. The van der Waals surface area contributed by atoms with Crippen molar-refractivity contribution in [1.82, 2.24) is 8.87 Å². The summed E-state index contributed by atoms with van der Waals surface area (Å²) < 4.78 is 39.4. The monoisotopic (exact) mass is 488 g/mol. The molecule has 10 nitrogen and oxygen atoms in total. The minimum absolute atomic E-state index is 0.0921. The van der Waals surface area contributed by atoms with Crippen LogP contribution >= 0.6 is 0 Å². The largest absolute Gasteiger partial charge is 0.420 e. The zero-order chi connectivity index (χ0) is 24.3. The minimum atomic E-state index is -3.72. The number of para-hydroxylation sites is 2. The lowest BCUT2D eigenvalue weighted by Gasteiger charge is -2.31. The maximum absolute atomic E-state index is 13.1. The van der Waals surface area contributed by atoms with E-state index in [1.165, 1.54) is 14.9 Å². The van der Waals surface area contributed by atoms with Gasteiger partial charge in [0.25, 0.3) is 0 Å². The van der Waals surface area contributed by atoms with E-state index in [9.17, 15) is 18.0 Å². The van der Waals surface area contributed by atoms with E-state index in [1.54, 1.807) is 50.2 Å². The van der Waals surface area contributed by atoms with E-state index < -0.39 is 21.7 Å². The zero-order valence-corrected chi connectivity index (χ0v) is 20.0. The van der Waals surface area contributed by atoms with Crippen molar-refractivity contribution in [2.24, 2.45) is 0 Å². The Labute approximate surface area is 197 Å². The Morgan fingerprint density at radius 1 is 1.09 bits per heavy atom. The molecule has 1 aliphatic rings. The quantitative estimate of drug-likeness (QED) is 0.516. The van der Waals surface area contributed by atoms with Crippen molar-refractivity contribution in [2.75, 3.05) is 49.6 Å².